The molecule has 0 unspecified atom stereocenters. The first-order valence-corrected chi connectivity index (χ1v) is 23.5. The lowest BCUT2D eigenvalue weighted by Gasteiger charge is -2.45. The minimum Gasteiger partial charge on any atom is -0.472 e. The number of halogens is 1. The van der Waals surface area contributed by atoms with Crippen LogP contribution < -0.4 is 20.9 Å². The van der Waals surface area contributed by atoms with Crippen LogP contribution in [-0.2, 0) is 17.3 Å². The predicted octanol–water partition coefficient (Wildman–Crippen LogP) is 14.8. The van der Waals surface area contributed by atoms with Crippen LogP contribution in [0, 0.1) is 37.0 Å². The lowest BCUT2D eigenvalue weighted by Crippen LogP contribution is -2.55. The first-order chi connectivity index (χ1) is 27.5. The molecule has 0 radical (unpaired) electrons. The fourth-order valence-electron chi connectivity index (χ4n) is 11.3. The van der Waals surface area contributed by atoms with Crippen LogP contribution in [0.1, 0.15) is 154 Å². The summed E-state index contributed by atoms with van der Waals surface area (Å²) in [5, 5.41) is 0. The van der Waals surface area contributed by atoms with Gasteiger partial charge in [0.05, 0.1) is 20.7 Å². The van der Waals surface area contributed by atoms with Crippen molar-refractivity contribution in [3.63, 3.8) is 0 Å². The molecule has 3 aliphatic carbocycles. The van der Waals surface area contributed by atoms with Gasteiger partial charge in [0.25, 0.3) is 6.71 Å². The Morgan fingerprint density at radius 1 is 0.729 bits per heavy atom. The van der Waals surface area contributed by atoms with Crippen molar-refractivity contribution >= 4 is 74.9 Å². The summed E-state index contributed by atoms with van der Waals surface area (Å²) in [6.45, 7) is 33.6. The molecule has 308 valence electrons. The molecule has 0 N–H and O–H groups in total. The maximum Gasteiger partial charge on any atom is 0.297 e. The zero-order valence-electron chi connectivity index (χ0n) is 38.5. The molecule has 9 rings (SSSR count). The van der Waals surface area contributed by atoms with E-state index in [1.165, 1.54) is 108 Å². The van der Waals surface area contributed by atoms with Crippen LogP contribution in [0.2, 0.25) is 0 Å². The highest BCUT2D eigenvalue weighted by atomic mass is 127. The van der Waals surface area contributed by atoms with Crippen LogP contribution in [0.4, 0.5) is 28.4 Å². The van der Waals surface area contributed by atoms with Crippen LogP contribution in [0.3, 0.4) is 0 Å². The van der Waals surface area contributed by atoms with Gasteiger partial charge in [0.2, 0.25) is 0 Å². The topological polar surface area (TPSA) is 19.6 Å². The molecule has 0 atom stereocenters. The Bertz CT molecular complexity index is 2510. The van der Waals surface area contributed by atoms with Gasteiger partial charge in [-0.25, -0.2) is 0 Å². The third-order valence-electron chi connectivity index (χ3n) is 15.3. The van der Waals surface area contributed by atoms with E-state index >= 15 is 0 Å². The summed E-state index contributed by atoms with van der Waals surface area (Å²) in [6.07, 6.45) is 13.1. The lowest BCUT2D eigenvalue weighted by atomic mass is 9.35. The number of hydrogen-bond acceptors (Lipinski definition) is 3. The van der Waals surface area contributed by atoms with Crippen molar-refractivity contribution < 1.29 is 4.42 Å². The quantitative estimate of drug-likeness (QED) is 0.116. The third kappa shape index (κ3) is 6.56. The minimum absolute atomic E-state index is 0.0437. The number of nitrogens with zero attached hydrogens (tertiary/aromatic N) is 2. The molecular formula is C54H66BIN2O. The molecule has 1 fully saturated rings. The van der Waals surface area contributed by atoms with Gasteiger partial charge < -0.3 is 14.2 Å². The molecule has 1 saturated carbocycles. The molecule has 59 heavy (non-hydrogen) atoms. The van der Waals surface area contributed by atoms with E-state index in [0.717, 1.165) is 30.7 Å². The fourth-order valence-corrected chi connectivity index (χ4v) is 12.3. The molecule has 2 aliphatic heterocycles. The van der Waals surface area contributed by atoms with E-state index in [9.17, 15) is 0 Å². The third-order valence-corrected chi connectivity index (χ3v) is 16.4. The van der Waals surface area contributed by atoms with Gasteiger partial charge in [-0.1, -0.05) is 118 Å². The van der Waals surface area contributed by atoms with E-state index in [1.54, 1.807) is 5.57 Å². The minimum atomic E-state index is -0.0437. The molecule has 0 saturated heterocycles. The van der Waals surface area contributed by atoms with Gasteiger partial charge in [0, 0.05) is 29.0 Å². The Kier molecular flexibility index (Phi) is 9.38. The van der Waals surface area contributed by atoms with Crippen molar-refractivity contribution in [2.24, 2.45) is 16.2 Å². The summed E-state index contributed by atoms with van der Waals surface area (Å²) in [5.41, 5.74) is 22.0. The number of fused-ring (bicyclic) bond motifs is 5. The van der Waals surface area contributed by atoms with Gasteiger partial charge in [-0.05, 0) is 178 Å². The Morgan fingerprint density at radius 2 is 1.36 bits per heavy atom. The van der Waals surface area contributed by atoms with E-state index < -0.39 is 0 Å². The van der Waals surface area contributed by atoms with Crippen LogP contribution in [0.25, 0.3) is 6.08 Å². The van der Waals surface area contributed by atoms with E-state index in [4.69, 9.17) is 4.42 Å². The van der Waals surface area contributed by atoms with Gasteiger partial charge >= 0.3 is 0 Å². The number of rotatable bonds is 3. The molecule has 0 bridgehead atoms. The highest BCUT2D eigenvalue weighted by molar-refractivity contribution is 14.1. The smallest absolute Gasteiger partial charge is 0.297 e. The Morgan fingerprint density at radius 3 is 2.02 bits per heavy atom. The number of para-hydroxylation sites is 1. The number of aryl methyl sites for hydroxylation is 4. The molecule has 1 aromatic heterocycles. The highest BCUT2D eigenvalue weighted by Crippen LogP contribution is 2.55. The average molecular weight is 897 g/mol. The van der Waals surface area contributed by atoms with E-state index in [1.807, 2.05) is 0 Å². The first-order valence-electron chi connectivity index (χ1n) is 22.4. The zero-order chi connectivity index (χ0) is 42.4. The number of allylic oxidation sites excluding steroid dienone is 4. The van der Waals surface area contributed by atoms with Crippen molar-refractivity contribution in [2.45, 2.75) is 153 Å². The summed E-state index contributed by atoms with van der Waals surface area (Å²) in [6, 6.07) is 19.2. The second kappa shape index (κ2) is 13.5. The number of benzene rings is 3. The molecule has 3 nitrogen and oxygen atoms in total. The van der Waals surface area contributed by atoms with Crippen molar-refractivity contribution in [1.29, 1.82) is 0 Å². The van der Waals surface area contributed by atoms with Crippen LogP contribution in [-0.4, -0.2) is 6.71 Å². The molecular weight excluding hydrogens is 830 g/mol. The molecule has 3 aromatic carbocycles. The fraction of sp³-hybridized carbons (Fsp3) is 0.481. The first kappa shape index (κ1) is 40.9. The summed E-state index contributed by atoms with van der Waals surface area (Å²) < 4.78 is 8.74. The summed E-state index contributed by atoms with van der Waals surface area (Å²) in [7, 11) is 0. The zero-order valence-corrected chi connectivity index (χ0v) is 40.6. The van der Waals surface area contributed by atoms with E-state index in [0.29, 0.717) is 0 Å². The predicted molar refractivity (Wildman–Crippen MR) is 263 cm³/mol. The normalized spacial score (nSPS) is 21.8. The molecule has 3 heterocycles. The van der Waals surface area contributed by atoms with Crippen molar-refractivity contribution in [2.75, 3.05) is 9.80 Å². The highest BCUT2D eigenvalue weighted by Gasteiger charge is 2.50. The van der Waals surface area contributed by atoms with Gasteiger partial charge in [-0.3, -0.25) is 0 Å². The molecule has 0 spiro atoms. The maximum atomic E-state index is 7.46. The monoisotopic (exact) mass is 896 g/mol. The van der Waals surface area contributed by atoms with Crippen molar-refractivity contribution in [3.8, 4) is 0 Å². The second-order valence-corrected chi connectivity index (χ2v) is 23.8. The average Bonchev–Trinajstić information content (AvgIpc) is 3.52. The molecule has 5 aliphatic rings. The van der Waals surface area contributed by atoms with E-state index in [2.05, 4.69) is 190 Å². The van der Waals surface area contributed by atoms with Crippen LogP contribution in [0.15, 0.2) is 79.3 Å². The lowest BCUT2D eigenvalue weighted by molar-refractivity contribution is 0.199. The molecule has 0 amide bonds. The van der Waals surface area contributed by atoms with E-state index in [-0.39, 0.29) is 33.8 Å². The second-order valence-electron chi connectivity index (χ2n) is 22.8. The number of hydrogen-bond donors (Lipinski definition) is 0. The van der Waals surface area contributed by atoms with Crippen molar-refractivity contribution in [1.82, 2.24) is 0 Å². The van der Waals surface area contributed by atoms with Crippen LogP contribution >= 0.6 is 22.6 Å². The Labute approximate surface area is 370 Å². The Balaban J connectivity index is 1.40. The summed E-state index contributed by atoms with van der Waals surface area (Å²) >= 11 is 2.74. The standard InChI is InChI=1S/C54H66BIN2O/c1-32-26-42-45-43(27-32)58(46-33(2)16-15-17-34(46)3)47-38-28-35(50(4,5)6)18-21-44(38)59-48(47)55(45)41(29-36-31-51(7,8)22-23-52(36,9)10)49(56)57(42)37-19-20-39-40(30-37)54(13,14)25-24-53(39,11)12/h15-17,19-20,26-30H,18,21-25,31H2,1-14H3/b36-29+. The number of furan rings is 1. The summed E-state index contributed by atoms with van der Waals surface area (Å²) in [5.74, 6) is 1.13. The summed E-state index contributed by atoms with van der Waals surface area (Å²) in [4.78, 5) is 5.25. The van der Waals surface area contributed by atoms with Gasteiger partial charge in [-0.2, -0.15) is 0 Å². The molecule has 5 heteroatoms. The van der Waals surface area contributed by atoms with Crippen molar-refractivity contribution in [3.05, 3.63) is 114 Å². The maximum absolute atomic E-state index is 7.46. The van der Waals surface area contributed by atoms with Crippen LogP contribution in [0.5, 0.6) is 0 Å². The van der Waals surface area contributed by atoms with Gasteiger partial charge in [0.15, 0.2) is 0 Å². The largest absolute Gasteiger partial charge is 0.472 e. The molecule has 4 aromatic rings. The SMILES string of the molecule is Cc1cc2c3c(c1)N(c1c(C)cccc1C)c1c(oc4c1C=C(C(C)(C)C)CC4)B3C(/C=C1\CC(C)(C)CCC1(C)C)=C(I)N2c1ccc2c(c1)C(C)(C)CCC2(C)C. The Hall–Kier alpha value is -3.45. The van der Waals surface area contributed by atoms with Gasteiger partial charge in [0.1, 0.15) is 5.76 Å². The number of anilines is 5. The van der Waals surface area contributed by atoms with Gasteiger partial charge in [-0.15, -0.1) is 0 Å².